The molecule has 0 amide bonds. The van der Waals surface area contributed by atoms with Gasteiger partial charge in [-0.25, -0.2) is 4.39 Å². The first-order chi connectivity index (χ1) is 8.13. The van der Waals surface area contributed by atoms with E-state index in [1.165, 1.54) is 6.07 Å². The van der Waals surface area contributed by atoms with Crippen molar-refractivity contribution in [2.24, 2.45) is 5.73 Å². The number of aryl methyl sites for hydroxylation is 2. The molecule has 1 atom stereocenters. The summed E-state index contributed by atoms with van der Waals surface area (Å²) < 4.78 is 15.0. The number of nitrogens with zero attached hydrogens (tertiary/aromatic N) is 2. The van der Waals surface area contributed by atoms with Crippen LogP contribution in [0.25, 0.3) is 0 Å². The van der Waals surface area contributed by atoms with Crippen LogP contribution in [0.2, 0.25) is 0 Å². The van der Waals surface area contributed by atoms with Crippen LogP contribution in [0, 0.1) is 12.7 Å². The van der Waals surface area contributed by atoms with E-state index in [9.17, 15) is 4.39 Å². The molecule has 0 radical (unpaired) electrons. The minimum Gasteiger partial charge on any atom is -0.319 e. The molecule has 0 fully saturated rings. The van der Waals surface area contributed by atoms with E-state index in [4.69, 9.17) is 5.73 Å². The van der Waals surface area contributed by atoms with E-state index in [0.29, 0.717) is 5.56 Å². The van der Waals surface area contributed by atoms with Crippen molar-refractivity contribution in [1.29, 1.82) is 0 Å². The second-order valence-electron chi connectivity index (χ2n) is 4.06. The number of benzene rings is 1. The van der Waals surface area contributed by atoms with E-state index in [2.05, 4.69) is 5.10 Å². The lowest BCUT2D eigenvalue weighted by Gasteiger charge is -2.14. The third kappa shape index (κ3) is 2.22. The number of rotatable bonds is 3. The van der Waals surface area contributed by atoms with E-state index in [1.807, 2.05) is 17.7 Å². The van der Waals surface area contributed by atoms with Crippen molar-refractivity contribution < 1.29 is 4.39 Å². The van der Waals surface area contributed by atoms with E-state index in [0.717, 1.165) is 17.8 Å². The summed E-state index contributed by atoms with van der Waals surface area (Å²) in [6, 6.07) is 6.59. The summed E-state index contributed by atoms with van der Waals surface area (Å²) in [4.78, 5) is 0. The Bertz CT molecular complexity index is 519. The Labute approximate surface area is 100 Å². The van der Waals surface area contributed by atoms with Crippen molar-refractivity contribution >= 4 is 0 Å². The fourth-order valence-electron chi connectivity index (χ4n) is 1.90. The normalized spacial score (nSPS) is 12.7. The third-order valence-corrected chi connectivity index (χ3v) is 2.91. The molecule has 0 aliphatic carbocycles. The number of aromatic nitrogens is 2. The van der Waals surface area contributed by atoms with Crippen molar-refractivity contribution in [3.05, 3.63) is 53.1 Å². The number of halogens is 1. The summed E-state index contributed by atoms with van der Waals surface area (Å²) >= 11 is 0. The third-order valence-electron chi connectivity index (χ3n) is 2.91. The summed E-state index contributed by atoms with van der Waals surface area (Å²) in [6.45, 7) is 4.53. The zero-order chi connectivity index (χ0) is 12.4. The molecule has 0 bridgehead atoms. The molecule has 0 saturated carbocycles. The van der Waals surface area contributed by atoms with Crippen LogP contribution in [0.3, 0.4) is 0 Å². The highest BCUT2D eigenvalue weighted by Crippen LogP contribution is 2.21. The molecule has 1 aromatic carbocycles. The Morgan fingerprint density at radius 1 is 1.41 bits per heavy atom. The summed E-state index contributed by atoms with van der Waals surface area (Å²) in [7, 11) is 0. The van der Waals surface area contributed by atoms with Crippen LogP contribution in [-0.2, 0) is 6.54 Å². The predicted octanol–water partition coefficient (Wildman–Crippen LogP) is 2.40. The van der Waals surface area contributed by atoms with Crippen molar-refractivity contribution in [3.8, 4) is 0 Å². The number of hydrogen-bond donors (Lipinski definition) is 1. The van der Waals surface area contributed by atoms with Gasteiger partial charge in [0, 0.05) is 12.7 Å². The lowest BCUT2D eigenvalue weighted by atomic mass is 10.0. The van der Waals surface area contributed by atoms with Crippen molar-refractivity contribution in [3.63, 3.8) is 0 Å². The Balaban J connectivity index is 2.36. The zero-order valence-electron chi connectivity index (χ0n) is 10.0. The molecule has 0 spiro atoms. The molecule has 0 aliphatic heterocycles. The van der Waals surface area contributed by atoms with Gasteiger partial charge in [0.15, 0.2) is 0 Å². The minimum absolute atomic E-state index is 0.204. The smallest absolute Gasteiger partial charge is 0.126 e. The van der Waals surface area contributed by atoms with Crippen LogP contribution in [-0.4, -0.2) is 9.78 Å². The molecule has 3 nitrogen and oxygen atoms in total. The molecule has 0 aliphatic rings. The molecule has 1 heterocycles. The minimum atomic E-state index is -0.267. The van der Waals surface area contributed by atoms with Gasteiger partial charge in [-0.05, 0) is 37.1 Å². The van der Waals surface area contributed by atoms with Gasteiger partial charge in [0.05, 0.1) is 11.7 Å². The van der Waals surface area contributed by atoms with Crippen molar-refractivity contribution in [1.82, 2.24) is 9.78 Å². The predicted molar refractivity (Wildman–Crippen MR) is 65.1 cm³/mol. The Morgan fingerprint density at radius 3 is 2.82 bits per heavy atom. The van der Waals surface area contributed by atoms with E-state index in [1.54, 1.807) is 25.3 Å². The van der Waals surface area contributed by atoms with Crippen molar-refractivity contribution in [2.45, 2.75) is 26.4 Å². The lowest BCUT2D eigenvalue weighted by Crippen LogP contribution is -2.17. The average Bonchev–Trinajstić information content (AvgIpc) is 2.80. The first kappa shape index (κ1) is 11.8. The quantitative estimate of drug-likeness (QED) is 0.884. The molecule has 0 saturated heterocycles. The maximum atomic E-state index is 13.2. The molecule has 2 N–H and O–H groups in total. The van der Waals surface area contributed by atoms with Gasteiger partial charge in [-0.3, -0.25) is 4.68 Å². The van der Waals surface area contributed by atoms with Gasteiger partial charge in [-0.2, -0.15) is 5.10 Å². The first-order valence-corrected chi connectivity index (χ1v) is 5.66. The topological polar surface area (TPSA) is 43.8 Å². The fraction of sp³-hybridized carbons (Fsp3) is 0.308. The van der Waals surface area contributed by atoms with E-state index >= 15 is 0 Å². The Morgan fingerprint density at radius 2 is 2.18 bits per heavy atom. The highest BCUT2D eigenvalue weighted by molar-refractivity contribution is 5.31. The molecule has 90 valence electrons. The summed E-state index contributed by atoms with van der Waals surface area (Å²) in [5, 5.41) is 4.18. The Kier molecular flexibility index (Phi) is 3.24. The zero-order valence-corrected chi connectivity index (χ0v) is 10.0. The average molecular weight is 233 g/mol. The molecule has 2 aromatic rings. The van der Waals surface area contributed by atoms with Crippen LogP contribution in [0.15, 0.2) is 30.5 Å². The van der Waals surface area contributed by atoms with Gasteiger partial charge in [-0.15, -0.1) is 0 Å². The maximum absolute atomic E-state index is 13.2. The van der Waals surface area contributed by atoms with E-state index in [-0.39, 0.29) is 11.9 Å². The van der Waals surface area contributed by atoms with Crippen LogP contribution in [0.5, 0.6) is 0 Å². The second kappa shape index (κ2) is 4.67. The fourth-order valence-corrected chi connectivity index (χ4v) is 1.90. The van der Waals surface area contributed by atoms with Gasteiger partial charge < -0.3 is 5.73 Å². The molecule has 4 heteroatoms. The van der Waals surface area contributed by atoms with Crippen LogP contribution in [0.4, 0.5) is 4.39 Å². The van der Waals surface area contributed by atoms with Gasteiger partial charge in [0.2, 0.25) is 0 Å². The van der Waals surface area contributed by atoms with Gasteiger partial charge in [0.1, 0.15) is 5.82 Å². The second-order valence-corrected chi connectivity index (χ2v) is 4.06. The molecule has 2 rings (SSSR count). The molecular formula is C13H16FN3. The van der Waals surface area contributed by atoms with Crippen LogP contribution >= 0.6 is 0 Å². The maximum Gasteiger partial charge on any atom is 0.126 e. The summed E-state index contributed by atoms with van der Waals surface area (Å²) in [6.07, 6.45) is 1.73. The number of nitrogens with two attached hydrogens (primary N) is 1. The largest absolute Gasteiger partial charge is 0.319 e. The van der Waals surface area contributed by atoms with Gasteiger partial charge >= 0.3 is 0 Å². The van der Waals surface area contributed by atoms with E-state index < -0.39 is 0 Å². The van der Waals surface area contributed by atoms with Crippen molar-refractivity contribution in [2.75, 3.05) is 0 Å². The van der Waals surface area contributed by atoms with Gasteiger partial charge in [0.25, 0.3) is 0 Å². The highest BCUT2D eigenvalue weighted by Gasteiger charge is 2.14. The first-order valence-electron chi connectivity index (χ1n) is 5.66. The molecule has 1 unspecified atom stereocenters. The number of hydrogen-bond acceptors (Lipinski definition) is 2. The lowest BCUT2D eigenvalue weighted by molar-refractivity contribution is 0.596. The van der Waals surface area contributed by atoms with Crippen LogP contribution < -0.4 is 5.73 Å². The highest BCUT2D eigenvalue weighted by atomic mass is 19.1. The molecule has 1 aromatic heterocycles. The van der Waals surface area contributed by atoms with Gasteiger partial charge in [-0.1, -0.05) is 12.1 Å². The van der Waals surface area contributed by atoms with Crippen LogP contribution in [0.1, 0.15) is 29.8 Å². The Hall–Kier alpha value is -1.68. The SMILES string of the molecule is CCn1nccc1C(N)c1ccc(F)c(C)c1. The monoisotopic (exact) mass is 233 g/mol. The summed E-state index contributed by atoms with van der Waals surface area (Å²) in [5.41, 5.74) is 8.63. The molecular weight excluding hydrogens is 217 g/mol. The molecule has 17 heavy (non-hydrogen) atoms. The summed E-state index contributed by atoms with van der Waals surface area (Å²) in [5.74, 6) is -0.204. The standard InChI is InChI=1S/C13H16FN3/c1-3-17-12(6-7-16-17)13(15)10-4-5-11(14)9(2)8-10/h4-8,13H,3,15H2,1-2H3.